The Bertz CT molecular complexity index is 927. The zero-order valence-corrected chi connectivity index (χ0v) is 15.4. The molecule has 1 aromatic carbocycles. The molecule has 6 nitrogen and oxygen atoms in total. The number of hydrogen-bond acceptors (Lipinski definition) is 6. The maximum absolute atomic E-state index is 13.2. The van der Waals surface area contributed by atoms with E-state index in [4.69, 9.17) is 16.3 Å². The summed E-state index contributed by atoms with van der Waals surface area (Å²) in [4.78, 5) is 10.5. The molecule has 2 fully saturated rings. The van der Waals surface area contributed by atoms with Crippen LogP contribution in [-0.4, -0.2) is 44.7 Å². The summed E-state index contributed by atoms with van der Waals surface area (Å²) in [6.45, 7) is 2.47. The first-order valence-electron chi connectivity index (χ1n) is 8.30. The van der Waals surface area contributed by atoms with Crippen LogP contribution in [0.25, 0.3) is 0 Å². The third-order valence-electron chi connectivity index (χ3n) is 4.83. The van der Waals surface area contributed by atoms with Crippen LogP contribution >= 0.6 is 11.6 Å². The predicted molar refractivity (Wildman–Crippen MR) is 94.6 cm³/mol. The van der Waals surface area contributed by atoms with Crippen LogP contribution in [0.4, 0.5) is 10.2 Å². The summed E-state index contributed by atoms with van der Waals surface area (Å²) in [6, 6.07) is 6.57. The number of rotatable bonds is 4. The van der Waals surface area contributed by atoms with E-state index in [1.165, 1.54) is 12.1 Å². The fraction of sp³-hybridized carbons (Fsp3) is 0.412. The summed E-state index contributed by atoms with van der Waals surface area (Å²) in [5, 5.41) is 0.0181. The number of anilines is 1. The van der Waals surface area contributed by atoms with Crippen molar-refractivity contribution in [1.29, 1.82) is 0 Å². The molecule has 1 aromatic heterocycles. The molecule has 1 saturated carbocycles. The molecule has 1 aliphatic heterocycles. The Labute approximate surface area is 155 Å². The second kappa shape index (κ2) is 6.44. The quantitative estimate of drug-likeness (QED) is 0.583. The number of nitrogens with zero attached hydrogens (tertiary/aromatic N) is 3. The molecule has 2 aromatic rings. The largest absolute Gasteiger partial charge is 0.378 e. The average Bonchev–Trinajstić information content (AvgIpc) is 3.45. The SMILES string of the molecule is O=S(=O)(c1ccc(F)cc1)C1(c2cc(N3CCOCC3)nc(Cl)n2)CC1. The molecule has 0 unspecified atom stereocenters. The van der Waals surface area contributed by atoms with Gasteiger partial charge >= 0.3 is 0 Å². The van der Waals surface area contributed by atoms with Gasteiger partial charge in [-0.15, -0.1) is 0 Å². The molecule has 0 amide bonds. The van der Waals surface area contributed by atoms with Crippen LogP contribution in [0.15, 0.2) is 35.2 Å². The molecule has 2 heterocycles. The number of halogens is 2. The van der Waals surface area contributed by atoms with Gasteiger partial charge in [-0.25, -0.2) is 22.8 Å². The van der Waals surface area contributed by atoms with Crippen LogP contribution < -0.4 is 4.90 Å². The van der Waals surface area contributed by atoms with Crippen molar-refractivity contribution in [3.63, 3.8) is 0 Å². The Balaban J connectivity index is 1.74. The Hall–Kier alpha value is -1.77. The van der Waals surface area contributed by atoms with Crippen molar-refractivity contribution < 1.29 is 17.5 Å². The van der Waals surface area contributed by atoms with Crippen LogP contribution in [0.3, 0.4) is 0 Å². The maximum Gasteiger partial charge on any atom is 0.224 e. The lowest BCUT2D eigenvalue weighted by Crippen LogP contribution is -2.37. The first kappa shape index (κ1) is 17.6. The van der Waals surface area contributed by atoms with Gasteiger partial charge in [0.2, 0.25) is 5.28 Å². The summed E-state index contributed by atoms with van der Waals surface area (Å²) < 4.78 is 43.7. The zero-order chi connectivity index (χ0) is 18.4. The molecule has 26 heavy (non-hydrogen) atoms. The lowest BCUT2D eigenvalue weighted by atomic mass is 10.2. The first-order valence-corrected chi connectivity index (χ1v) is 10.2. The molecular weight excluding hydrogens is 381 g/mol. The minimum atomic E-state index is -3.72. The summed E-state index contributed by atoms with van der Waals surface area (Å²) in [6.07, 6.45) is 0.894. The highest BCUT2D eigenvalue weighted by atomic mass is 35.5. The number of ether oxygens (including phenoxy) is 1. The van der Waals surface area contributed by atoms with Gasteiger partial charge in [-0.2, -0.15) is 0 Å². The van der Waals surface area contributed by atoms with E-state index in [1.807, 2.05) is 4.90 Å². The standard InChI is InChI=1S/C17H17ClFN3O3S/c18-16-20-14(11-15(21-16)22-7-9-25-10-8-22)17(5-6-17)26(23,24)13-3-1-12(19)2-4-13/h1-4,11H,5-10H2. The number of aromatic nitrogens is 2. The first-order chi connectivity index (χ1) is 12.4. The lowest BCUT2D eigenvalue weighted by Gasteiger charge is -2.28. The van der Waals surface area contributed by atoms with Gasteiger partial charge < -0.3 is 9.64 Å². The number of sulfone groups is 1. The maximum atomic E-state index is 13.2. The van der Waals surface area contributed by atoms with E-state index in [1.54, 1.807) is 6.07 Å². The van der Waals surface area contributed by atoms with E-state index in [0.717, 1.165) is 12.1 Å². The van der Waals surface area contributed by atoms with E-state index < -0.39 is 20.4 Å². The summed E-state index contributed by atoms with van der Waals surface area (Å²) in [5.41, 5.74) is 0.392. The van der Waals surface area contributed by atoms with Gasteiger partial charge in [-0.1, -0.05) is 0 Å². The predicted octanol–water partition coefficient (Wildman–Crippen LogP) is 2.57. The monoisotopic (exact) mass is 397 g/mol. The highest BCUT2D eigenvalue weighted by molar-refractivity contribution is 7.92. The molecule has 9 heteroatoms. The second-order valence-electron chi connectivity index (χ2n) is 6.43. The molecule has 0 atom stereocenters. The van der Waals surface area contributed by atoms with Gasteiger partial charge in [0.05, 0.1) is 23.8 Å². The summed E-state index contributed by atoms with van der Waals surface area (Å²) >= 11 is 6.10. The van der Waals surface area contributed by atoms with Crippen LogP contribution in [0.2, 0.25) is 5.28 Å². The number of morpholine rings is 1. The van der Waals surface area contributed by atoms with Gasteiger partial charge in [-0.05, 0) is 48.7 Å². The lowest BCUT2D eigenvalue weighted by molar-refractivity contribution is 0.122. The van der Waals surface area contributed by atoms with E-state index in [2.05, 4.69) is 9.97 Å². The van der Waals surface area contributed by atoms with Crippen LogP contribution in [0.5, 0.6) is 0 Å². The molecular formula is C17H17ClFN3O3S. The van der Waals surface area contributed by atoms with Gasteiger partial charge in [0.15, 0.2) is 9.84 Å². The number of benzene rings is 1. The van der Waals surface area contributed by atoms with Crippen molar-refractivity contribution >= 4 is 27.3 Å². The van der Waals surface area contributed by atoms with Gasteiger partial charge in [0.1, 0.15) is 16.4 Å². The van der Waals surface area contributed by atoms with E-state index in [-0.39, 0.29) is 10.2 Å². The van der Waals surface area contributed by atoms with Crippen molar-refractivity contribution in [2.75, 3.05) is 31.2 Å². The fourth-order valence-corrected chi connectivity index (χ4v) is 5.35. The summed E-state index contributed by atoms with van der Waals surface area (Å²) in [5.74, 6) is 0.123. The average molecular weight is 398 g/mol. The molecule has 4 rings (SSSR count). The highest BCUT2D eigenvalue weighted by Crippen LogP contribution is 2.55. The molecule has 2 aliphatic rings. The van der Waals surface area contributed by atoms with Gasteiger partial charge in [0, 0.05) is 19.2 Å². The van der Waals surface area contributed by atoms with Crippen molar-refractivity contribution in [2.45, 2.75) is 22.5 Å². The Kier molecular flexibility index (Phi) is 4.37. The van der Waals surface area contributed by atoms with E-state index in [0.29, 0.717) is 50.7 Å². The molecule has 0 radical (unpaired) electrons. The van der Waals surface area contributed by atoms with Crippen LogP contribution in [0.1, 0.15) is 18.5 Å². The van der Waals surface area contributed by atoms with E-state index >= 15 is 0 Å². The Morgan fingerprint density at radius 3 is 2.38 bits per heavy atom. The fourth-order valence-electron chi connectivity index (χ4n) is 3.21. The molecule has 0 spiro atoms. The zero-order valence-electron chi connectivity index (χ0n) is 13.9. The summed E-state index contributed by atoms with van der Waals surface area (Å²) in [7, 11) is -3.72. The van der Waals surface area contributed by atoms with Gasteiger partial charge in [-0.3, -0.25) is 0 Å². The van der Waals surface area contributed by atoms with Crippen LogP contribution in [0, 0.1) is 5.82 Å². The van der Waals surface area contributed by atoms with Crippen molar-refractivity contribution in [3.05, 3.63) is 47.1 Å². The second-order valence-corrected chi connectivity index (χ2v) is 9.03. The van der Waals surface area contributed by atoms with Crippen molar-refractivity contribution in [2.24, 2.45) is 0 Å². The third-order valence-corrected chi connectivity index (χ3v) is 7.54. The topological polar surface area (TPSA) is 72.4 Å². The normalized spacial score (nSPS) is 19.4. The van der Waals surface area contributed by atoms with Crippen molar-refractivity contribution in [3.8, 4) is 0 Å². The minimum absolute atomic E-state index is 0.0181. The molecule has 1 aliphatic carbocycles. The third kappa shape index (κ3) is 2.95. The minimum Gasteiger partial charge on any atom is -0.378 e. The van der Waals surface area contributed by atoms with Crippen molar-refractivity contribution in [1.82, 2.24) is 9.97 Å². The molecule has 0 N–H and O–H groups in total. The van der Waals surface area contributed by atoms with Crippen LogP contribution in [-0.2, 0) is 19.3 Å². The Morgan fingerprint density at radius 1 is 1.12 bits per heavy atom. The highest BCUT2D eigenvalue weighted by Gasteiger charge is 2.58. The van der Waals surface area contributed by atoms with E-state index in [9.17, 15) is 12.8 Å². The molecule has 138 valence electrons. The van der Waals surface area contributed by atoms with Gasteiger partial charge in [0.25, 0.3) is 0 Å². The smallest absolute Gasteiger partial charge is 0.224 e. The molecule has 1 saturated heterocycles. The molecule has 0 bridgehead atoms. The Morgan fingerprint density at radius 2 is 1.77 bits per heavy atom. The number of hydrogen-bond donors (Lipinski definition) is 0.